The lowest BCUT2D eigenvalue weighted by atomic mass is 9.85. The number of nitrogens with zero attached hydrogens (tertiary/aromatic N) is 1. The van der Waals surface area contributed by atoms with Gasteiger partial charge in [0.1, 0.15) is 12.6 Å². The lowest BCUT2D eigenvalue weighted by Crippen LogP contribution is -2.58. The number of nitrogens with one attached hydrogen (secondary N) is 2. The normalized spacial score (nSPS) is 14.4. The van der Waals surface area contributed by atoms with Gasteiger partial charge < -0.3 is 20.5 Å². The van der Waals surface area contributed by atoms with E-state index in [4.69, 9.17) is 4.74 Å². The fourth-order valence-corrected chi connectivity index (χ4v) is 4.97. The van der Waals surface area contributed by atoms with Crippen LogP contribution in [-0.4, -0.2) is 67.4 Å². The van der Waals surface area contributed by atoms with Gasteiger partial charge in [-0.1, -0.05) is 95.3 Å². The zero-order valence-electron chi connectivity index (χ0n) is 24.5. The highest BCUT2D eigenvalue weighted by Gasteiger charge is 2.36. The predicted molar refractivity (Wildman–Crippen MR) is 157 cm³/mol. The highest BCUT2D eigenvalue weighted by atomic mass is 32.2. The highest BCUT2D eigenvalue weighted by Crippen LogP contribution is 2.21. The van der Waals surface area contributed by atoms with E-state index in [1.54, 1.807) is 0 Å². The van der Waals surface area contributed by atoms with Crippen molar-refractivity contribution in [2.45, 2.75) is 72.3 Å². The maximum Gasteiger partial charge on any atom is 0.408 e. The van der Waals surface area contributed by atoms with E-state index >= 15 is 0 Å². The summed E-state index contributed by atoms with van der Waals surface area (Å²) in [5.74, 6) is -0.223. The number of aliphatic hydroxyl groups excluding tert-OH is 1. The zero-order chi connectivity index (χ0) is 29.9. The summed E-state index contributed by atoms with van der Waals surface area (Å²) >= 11 is 0. The molecule has 0 unspecified atom stereocenters. The van der Waals surface area contributed by atoms with Gasteiger partial charge in [-0.15, -0.1) is 0 Å². The number of amides is 2. The number of hydrogen-bond donors (Lipinski definition) is 3. The summed E-state index contributed by atoms with van der Waals surface area (Å²) in [4.78, 5) is 26.2. The Morgan fingerprint density at radius 1 is 0.950 bits per heavy atom. The SMILES string of the molecule is CC(C)CCN(C[C@@H](O)[C@H](Cc1ccccc1)NC(=O)[C@@H](NC(=O)OCc1ccccc1)C(C)(C)C)S(C)(=O)=O. The van der Waals surface area contributed by atoms with Crippen LogP contribution in [-0.2, 0) is 32.6 Å². The summed E-state index contributed by atoms with van der Waals surface area (Å²) in [6, 6.07) is 16.7. The van der Waals surface area contributed by atoms with Gasteiger partial charge in [0.05, 0.1) is 18.4 Å². The molecule has 2 aromatic rings. The van der Waals surface area contributed by atoms with E-state index in [1.807, 2.05) is 95.3 Å². The van der Waals surface area contributed by atoms with Crippen LogP contribution in [0.5, 0.6) is 0 Å². The predicted octanol–water partition coefficient (Wildman–Crippen LogP) is 3.72. The first-order valence-electron chi connectivity index (χ1n) is 13.6. The van der Waals surface area contributed by atoms with Gasteiger partial charge in [-0.25, -0.2) is 13.2 Å². The van der Waals surface area contributed by atoms with Crippen LogP contribution < -0.4 is 10.6 Å². The smallest absolute Gasteiger partial charge is 0.408 e. The molecule has 40 heavy (non-hydrogen) atoms. The van der Waals surface area contributed by atoms with Gasteiger partial charge in [-0.3, -0.25) is 4.79 Å². The second-order valence-corrected chi connectivity index (χ2v) is 13.7. The summed E-state index contributed by atoms with van der Waals surface area (Å²) < 4.78 is 31.5. The second kappa shape index (κ2) is 15.2. The fourth-order valence-electron chi connectivity index (χ4n) is 4.11. The van der Waals surface area contributed by atoms with Crippen molar-refractivity contribution in [2.24, 2.45) is 11.3 Å². The summed E-state index contributed by atoms with van der Waals surface area (Å²) in [6.07, 6.45) is 0.0834. The van der Waals surface area contributed by atoms with Crippen LogP contribution in [0.3, 0.4) is 0 Å². The lowest BCUT2D eigenvalue weighted by Gasteiger charge is -2.34. The van der Waals surface area contributed by atoms with E-state index in [2.05, 4.69) is 10.6 Å². The Morgan fingerprint density at radius 2 is 1.50 bits per heavy atom. The molecule has 0 saturated carbocycles. The van der Waals surface area contributed by atoms with E-state index in [0.29, 0.717) is 6.42 Å². The van der Waals surface area contributed by atoms with Gasteiger partial charge in [0, 0.05) is 13.1 Å². The van der Waals surface area contributed by atoms with Crippen molar-refractivity contribution in [3.05, 3.63) is 71.8 Å². The molecule has 222 valence electrons. The van der Waals surface area contributed by atoms with E-state index < -0.39 is 45.6 Å². The largest absolute Gasteiger partial charge is 0.445 e. The molecular weight excluding hydrogens is 530 g/mol. The minimum atomic E-state index is -3.59. The van der Waals surface area contributed by atoms with Gasteiger partial charge in [0.2, 0.25) is 15.9 Å². The number of benzene rings is 2. The molecular formula is C30H45N3O6S. The van der Waals surface area contributed by atoms with Crippen LogP contribution in [0.2, 0.25) is 0 Å². The van der Waals surface area contributed by atoms with Crippen LogP contribution >= 0.6 is 0 Å². The summed E-state index contributed by atoms with van der Waals surface area (Å²) in [5.41, 5.74) is 0.990. The first-order chi connectivity index (χ1) is 18.7. The number of carbonyl (C=O) groups excluding carboxylic acids is 2. The van der Waals surface area contributed by atoms with Gasteiger partial charge in [0.15, 0.2) is 0 Å². The third-order valence-electron chi connectivity index (χ3n) is 6.51. The molecule has 0 spiro atoms. The molecule has 0 aliphatic carbocycles. The number of ether oxygens (including phenoxy) is 1. The maximum absolute atomic E-state index is 13.6. The number of alkyl carbamates (subject to hydrolysis) is 1. The molecule has 0 aliphatic heterocycles. The van der Waals surface area contributed by atoms with E-state index in [9.17, 15) is 23.1 Å². The van der Waals surface area contributed by atoms with E-state index in [0.717, 1.165) is 17.4 Å². The van der Waals surface area contributed by atoms with E-state index in [1.165, 1.54) is 4.31 Å². The van der Waals surface area contributed by atoms with Crippen LogP contribution in [0.25, 0.3) is 0 Å². The first kappa shape index (κ1) is 33.3. The molecule has 2 aromatic carbocycles. The topological polar surface area (TPSA) is 125 Å². The second-order valence-electron chi connectivity index (χ2n) is 11.7. The average molecular weight is 576 g/mol. The van der Waals surface area contributed by atoms with Crippen molar-refractivity contribution in [1.82, 2.24) is 14.9 Å². The zero-order valence-corrected chi connectivity index (χ0v) is 25.3. The van der Waals surface area contributed by atoms with Gasteiger partial charge in [-0.2, -0.15) is 4.31 Å². The van der Waals surface area contributed by atoms with Crippen molar-refractivity contribution in [1.29, 1.82) is 0 Å². The monoisotopic (exact) mass is 575 g/mol. The third kappa shape index (κ3) is 11.7. The number of rotatable bonds is 14. The molecule has 0 aliphatic rings. The van der Waals surface area contributed by atoms with E-state index in [-0.39, 0.29) is 32.0 Å². The Morgan fingerprint density at radius 3 is 2.00 bits per heavy atom. The number of hydrogen-bond acceptors (Lipinski definition) is 6. The molecule has 2 rings (SSSR count). The molecule has 3 N–H and O–H groups in total. The van der Waals surface area contributed by atoms with Crippen LogP contribution in [0.15, 0.2) is 60.7 Å². The fraction of sp³-hybridized carbons (Fsp3) is 0.533. The highest BCUT2D eigenvalue weighted by molar-refractivity contribution is 7.88. The Labute approximate surface area is 239 Å². The quantitative estimate of drug-likeness (QED) is 0.315. The molecule has 0 aromatic heterocycles. The minimum Gasteiger partial charge on any atom is -0.445 e. The van der Waals surface area contributed by atoms with Gasteiger partial charge in [0.25, 0.3) is 0 Å². The molecule has 0 fully saturated rings. The summed E-state index contributed by atoms with van der Waals surface area (Å²) in [6.45, 7) is 9.59. The van der Waals surface area contributed by atoms with Crippen LogP contribution in [0.4, 0.5) is 4.79 Å². The van der Waals surface area contributed by atoms with Crippen LogP contribution in [0, 0.1) is 11.3 Å². The molecule has 0 saturated heterocycles. The summed E-state index contributed by atoms with van der Waals surface area (Å²) in [5, 5.41) is 16.8. The molecule has 2 amide bonds. The molecule has 0 radical (unpaired) electrons. The van der Waals surface area contributed by atoms with Crippen molar-refractivity contribution in [2.75, 3.05) is 19.3 Å². The van der Waals surface area contributed by atoms with Crippen LogP contribution in [0.1, 0.15) is 52.2 Å². The van der Waals surface area contributed by atoms with Gasteiger partial charge >= 0.3 is 6.09 Å². The molecule has 0 bridgehead atoms. The Bertz CT molecular complexity index is 1170. The average Bonchev–Trinajstić information content (AvgIpc) is 2.87. The maximum atomic E-state index is 13.6. The van der Waals surface area contributed by atoms with Crippen molar-refractivity contribution < 1.29 is 27.9 Å². The molecule has 9 nitrogen and oxygen atoms in total. The Balaban J connectivity index is 2.21. The number of carbonyl (C=O) groups is 2. The van der Waals surface area contributed by atoms with Crippen molar-refractivity contribution in [3.63, 3.8) is 0 Å². The Kier molecular flexibility index (Phi) is 12.6. The van der Waals surface area contributed by atoms with Crippen molar-refractivity contribution in [3.8, 4) is 0 Å². The number of sulfonamides is 1. The standard InChI is InChI=1S/C30H45N3O6S/c1-22(2)17-18-33(40(6,37)38)20-26(34)25(19-23-13-9-7-10-14-23)31-28(35)27(30(3,4)5)32-29(36)39-21-24-15-11-8-12-16-24/h7-16,22,25-27,34H,17-21H2,1-6H3,(H,31,35)(H,32,36)/t25-,26+,27+/m0/s1. The molecule has 0 heterocycles. The van der Waals surface area contributed by atoms with Gasteiger partial charge in [-0.05, 0) is 35.3 Å². The van der Waals surface area contributed by atoms with Crippen molar-refractivity contribution >= 4 is 22.0 Å². The molecule has 10 heteroatoms. The Hall–Kier alpha value is -2.95. The first-order valence-corrected chi connectivity index (χ1v) is 15.5. The third-order valence-corrected chi connectivity index (χ3v) is 7.78. The number of aliphatic hydroxyl groups is 1. The minimum absolute atomic E-state index is 0.0538. The molecule has 3 atom stereocenters. The lowest BCUT2D eigenvalue weighted by molar-refractivity contribution is -0.127. The summed E-state index contributed by atoms with van der Waals surface area (Å²) in [7, 11) is -3.59.